The van der Waals surface area contributed by atoms with Crippen LogP contribution >= 0.6 is 11.6 Å². The van der Waals surface area contributed by atoms with Gasteiger partial charge in [-0.05, 0) is 30.3 Å². The highest BCUT2D eigenvalue weighted by Crippen LogP contribution is 2.31. The van der Waals surface area contributed by atoms with E-state index in [2.05, 4.69) is 0 Å². The number of methoxy groups -OCH3 is 2. The summed E-state index contributed by atoms with van der Waals surface area (Å²) < 4.78 is 35.1. The van der Waals surface area contributed by atoms with Gasteiger partial charge in [0.25, 0.3) is 0 Å². The molecule has 0 heterocycles. The van der Waals surface area contributed by atoms with Gasteiger partial charge in [0, 0.05) is 30.2 Å². The summed E-state index contributed by atoms with van der Waals surface area (Å²) in [7, 11) is 1.01. The number of hydrogen-bond acceptors (Lipinski definition) is 5. The fourth-order valence-corrected chi connectivity index (χ4v) is 3.87. The van der Waals surface area contributed by atoms with Crippen molar-refractivity contribution in [1.82, 2.24) is 0 Å². The molecular formula is C18H20ClNO5S. The number of carbonyl (C=O) groups excluding carboxylic acids is 1. The van der Waals surface area contributed by atoms with Crippen LogP contribution in [-0.2, 0) is 14.6 Å². The number of amides is 1. The van der Waals surface area contributed by atoms with Crippen LogP contribution < -0.4 is 14.4 Å². The van der Waals surface area contributed by atoms with Gasteiger partial charge in [0.05, 0.1) is 24.9 Å². The molecule has 0 N–H and O–H groups in total. The lowest BCUT2D eigenvalue weighted by Gasteiger charge is -2.19. The molecule has 0 aliphatic heterocycles. The van der Waals surface area contributed by atoms with Gasteiger partial charge in [0.2, 0.25) is 5.91 Å². The van der Waals surface area contributed by atoms with E-state index < -0.39 is 9.84 Å². The van der Waals surface area contributed by atoms with E-state index >= 15 is 0 Å². The number of hydrogen-bond donors (Lipinski definition) is 0. The molecule has 140 valence electrons. The van der Waals surface area contributed by atoms with E-state index in [4.69, 9.17) is 21.1 Å². The Morgan fingerprint density at radius 2 is 1.77 bits per heavy atom. The second kappa shape index (κ2) is 8.42. The second-order valence-electron chi connectivity index (χ2n) is 5.52. The van der Waals surface area contributed by atoms with Gasteiger partial charge in [0.15, 0.2) is 21.3 Å². The van der Waals surface area contributed by atoms with Crippen molar-refractivity contribution in [2.45, 2.75) is 11.3 Å². The fraction of sp³-hybridized carbons (Fsp3) is 0.278. The Labute approximate surface area is 158 Å². The maximum absolute atomic E-state index is 12.4. The predicted octanol–water partition coefficient (Wildman–Crippen LogP) is 3.18. The molecule has 0 unspecified atom stereocenters. The van der Waals surface area contributed by atoms with Crippen molar-refractivity contribution in [1.29, 1.82) is 0 Å². The largest absolute Gasteiger partial charge is 0.493 e. The third-order valence-electron chi connectivity index (χ3n) is 3.87. The Balaban J connectivity index is 2.10. The molecule has 0 aromatic heterocycles. The van der Waals surface area contributed by atoms with Gasteiger partial charge in [-0.1, -0.05) is 17.7 Å². The van der Waals surface area contributed by atoms with Crippen LogP contribution in [0.1, 0.15) is 6.42 Å². The molecule has 8 heteroatoms. The first-order valence-corrected chi connectivity index (χ1v) is 9.78. The molecule has 0 saturated heterocycles. The standard InChI is InChI=1S/C18H20ClNO5S/c1-20(14-7-8-16(24-2)17(12-14)25-3)18(21)9-10-26(22,23)15-6-4-5-13(19)11-15/h4-8,11-12H,9-10H2,1-3H3. The maximum Gasteiger partial charge on any atom is 0.227 e. The number of carbonyl (C=O) groups is 1. The highest BCUT2D eigenvalue weighted by molar-refractivity contribution is 7.91. The Morgan fingerprint density at radius 1 is 1.08 bits per heavy atom. The average Bonchev–Trinajstić information content (AvgIpc) is 2.64. The Morgan fingerprint density at radius 3 is 2.38 bits per heavy atom. The van der Waals surface area contributed by atoms with E-state index in [1.165, 1.54) is 31.3 Å². The van der Waals surface area contributed by atoms with Crippen LogP contribution in [0.15, 0.2) is 47.4 Å². The minimum absolute atomic E-state index is 0.103. The highest BCUT2D eigenvalue weighted by Gasteiger charge is 2.20. The third kappa shape index (κ3) is 4.68. The van der Waals surface area contributed by atoms with Crippen molar-refractivity contribution >= 4 is 33.0 Å². The Hall–Kier alpha value is -2.25. The summed E-state index contributed by atoms with van der Waals surface area (Å²) in [5.41, 5.74) is 0.577. The van der Waals surface area contributed by atoms with E-state index in [-0.39, 0.29) is 23.0 Å². The molecule has 0 aliphatic carbocycles. The summed E-state index contributed by atoms with van der Waals surface area (Å²) in [5.74, 6) is 0.392. The average molecular weight is 398 g/mol. The molecule has 26 heavy (non-hydrogen) atoms. The zero-order valence-corrected chi connectivity index (χ0v) is 16.3. The molecule has 0 atom stereocenters. The molecular weight excluding hydrogens is 378 g/mol. The summed E-state index contributed by atoms with van der Waals surface area (Å²) in [4.78, 5) is 13.9. The van der Waals surface area contributed by atoms with Gasteiger partial charge in [-0.25, -0.2) is 8.42 Å². The van der Waals surface area contributed by atoms with Crippen molar-refractivity contribution in [2.75, 3.05) is 31.9 Å². The van der Waals surface area contributed by atoms with E-state index in [0.29, 0.717) is 22.2 Å². The van der Waals surface area contributed by atoms with Crippen LogP contribution in [0.3, 0.4) is 0 Å². The Bertz CT molecular complexity index is 898. The number of anilines is 1. The molecule has 2 rings (SSSR count). The number of halogens is 1. The fourth-order valence-electron chi connectivity index (χ4n) is 2.35. The molecule has 2 aromatic rings. The van der Waals surface area contributed by atoms with Crippen LogP contribution in [0, 0.1) is 0 Å². The molecule has 0 bridgehead atoms. The summed E-state index contributed by atoms with van der Waals surface area (Å²) in [6, 6.07) is 11.0. The molecule has 0 aliphatic rings. The topological polar surface area (TPSA) is 72.9 Å². The van der Waals surface area contributed by atoms with Gasteiger partial charge >= 0.3 is 0 Å². The second-order valence-corrected chi connectivity index (χ2v) is 8.06. The monoisotopic (exact) mass is 397 g/mol. The van der Waals surface area contributed by atoms with Crippen molar-refractivity contribution in [3.63, 3.8) is 0 Å². The lowest BCUT2D eigenvalue weighted by atomic mass is 10.2. The van der Waals surface area contributed by atoms with Gasteiger partial charge in [-0.15, -0.1) is 0 Å². The molecule has 0 fully saturated rings. The van der Waals surface area contributed by atoms with Gasteiger partial charge < -0.3 is 14.4 Å². The summed E-state index contributed by atoms with van der Waals surface area (Å²) >= 11 is 5.84. The number of ether oxygens (including phenoxy) is 2. The van der Waals surface area contributed by atoms with Crippen molar-refractivity contribution in [3.05, 3.63) is 47.5 Å². The zero-order chi connectivity index (χ0) is 19.3. The molecule has 6 nitrogen and oxygen atoms in total. The Kier molecular flexibility index (Phi) is 6.50. The lowest BCUT2D eigenvalue weighted by molar-refractivity contribution is -0.117. The minimum atomic E-state index is -3.59. The van der Waals surface area contributed by atoms with Crippen LogP contribution in [-0.4, -0.2) is 41.3 Å². The predicted molar refractivity (Wildman–Crippen MR) is 101 cm³/mol. The lowest BCUT2D eigenvalue weighted by Crippen LogP contribution is -2.28. The molecule has 0 radical (unpaired) electrons. The van der Waals surface area contributed by atoms with Crippen LogP contribution in [0.25, 0.3) is 0 Å². The zero-order valence-electron chi connectivity index (χ0n) is 14.7. The van der Waals surface area contributed by atoms with Crippen LogP contribution in [0.5, 0.6) is 11.5 Å². The third-order valence-corrected chi connectivity index (χ3v) is 5.82. The normalized spacial score (nSPS) is 11.1. The number of sulfone groups is 1. The maximum atomic E-state index is 12.4. The summed E-state index contributed by atoms with van der Waals surface area (Å²) in [6.07, 6.45) is -0.153. The number of rotatable bonds is 7. The number of nitrogens with zero attached hydrogens (tertiary/aromatic N) is 1. The van der Waals surface area contributed by atoms with Crippen molar-refractivity contribution in [3.8, 4) is 11.5 Å². The summed E-state index contributed by atoms with van der Waals surface area (Å²) in [5, 5.41) is 0.333. The van der Waals surface area contributed by atoms with Gasteiger partial charge in [0.1, 0.15) is 0 Å². The van der Waals surface area contributed by atoms with Crippen molar-refractivity contribution in [2.24, 2.45) is 0 Å². The quantitative estimate of drug-likeness (QED) is 0.717. The van der Waals surface area contributed by atoms with E-state index in [1.807, 2.05) is 0 Å². The minimum Gasteiger partial charge on any atom is -0.493 e. The highest BCUT2D eigenvalue weighted by atomic mass is 35.5. The van der Waals surface area contributed by atoms with Gasteiger partial charge in [-0.2, -0.15) is 0 Å². The van der Waals surface area contributed by atoms with Crippen LogP contribution in [0.2, 0.25) is 5.02 Å². The molecule has 0 spiro atoms. The molecule has 2 aromatic carbocycles. The molecule has 1 amide bonds. The smallest absolute Gasteiger partial charge is 0.227 e. The first kappa shape index (κ1) is 20.1. The number of benzene rings is 2. The van der Waals surface area contributed by atoms with Crippen LogP contribution in [0.4, 0.5) is 5.69 Å². The van der Waals surface area contributed by atoms with E-state index in [0.717, 1.165) is 0 Å². The SMILES string of the molecule is COc1ccc(N(C)C(=O)CCS(=O)(=O)c2cccc(Cl)c2)cc1OC. The first-order valence-electron chi connectivity index (χ1n) is 7.75. The molecule has 0 saturated carbocycles. The van der Waals surface area contributed by atoms with E-state index in [1.54, 1.807) is 37.4 Å². The first-order chi connectivity index (χ1) is 12.3. The van der Waals surface area contributed by atoms with Crippen molar-refractivity contribution < 1.29 is 22.7 Å². The van der Waals surface area contributed by atoms with E-state index in [9.17, 15) is 13.2 Å². The summed E-state index contributed by atoms with van der Waals surface area (Å²) in [6.45, 7) is 0. The van der Waals surface area contributed by atoms with Gasteiger partial charge in [-0.3, -0.25) is 4.79 Å².